The molecular weight excluding hydrogens is 739 g/mol. The Bertz CT molecular complexity index is 2990. The molecule has 294 valence electrons. The Labute approximate surface area is 359 Å². The Kier molecular flexibility index (Phi) is 9.22. The van der Waals surface area contributed by atoms with Crippen molar-refractivity contribution < 1.29 is 0 Å². The molecule has 0 amide bonds. The first-order chi connectivity index (χ1) is 29.7. The van der Waals surface area contributed by atoms with Crippen molar-refractivity contribution in [3.8, 4) is 78.7 Å². The number of hydrogen-bond donors (Lipinski definition) is 0. The van der Waals surface area contributed by atoms with Crippen LogP contribution in [0.2, 0.25) is 0 Å². The molecular formula is C58H47N3. The van der Waals surface area contributed by atoms with Crippen LogP contribution in [0, 0.1) is 0 Å². The maximum Gasteiger partial charge on any atom is 0.164 e. The fourth-order valence-corrected chi connectivity index (χ4v) is 9.78. The average Bonchev–Trinajstić information content (AvgIpc) is 3.67. The number of aromatic nitrogens is 3. The summed E-state index contributed by atoms with van der Waals surface area (Å²) in [5.41, 5.74) is 19.6. The Morgan fingerprint density at radius 3 is 1.49 bits per heavy atom. The van der Waals surface area contributed by atoms with Gasteiger partial charge in [-0.3, -0.25) is 0 Å². The predicted molar refractivity (Wildman–Crippen MR) is 255 cm³/mol. The fraction of sp³-hybridized carbons (Fsp3) is 0.121. The zero-order valence-corrected chi connectivity index (χ0v) is 35.4. The molecule has 2 aliphatic carbocycles. The van der Waals surface area contributed by atoms with Gasteiger partial charge in [0.2, 0.25) is 0 Å². The third-order valence-corrected chi connectivity index (χ3v) is 12.9. The predicted octanol–water partition coefficient (Wildman–Crippen LogP) is 15.0. The number of hydrogen-bond acceptors (Lipinski definition) is 3. The van der Waals surface area contributed by atoms with E-state index in [0.29, 0.717) is 17.5 Å². The summed E-state index contributed by atoms with van der Waals surface area (Å²) in [6, 6.07) is 58.4. The van der Waals surface area contributed by atoms with Crippen LogP contribution in [-0.2, 0) is 10.8 Å². The minimum absolute atomic E-state index is 0.142. The molecule has 0 spiro atoms. The van der Waals surface area contributed by atoms with Crippen LogP contribution >= 0.6 is 0 Å². The van der Waals surface area contributed by atoms with E-state index in [1.165, 1.54) is 55.7 Å². The topological polar surface area (TPSA) is 38.7 Å². The van der Waals surface area contributed by atoms with Gasteiger partial charge in [-0.2, -0.15) is 0 Å². The van der Waals surface area contributed by atoms with E-state index in [2.05, 4.69) is 205 Å². The van der Waals surface area contributed by atoms with Crippen LogP contribution in [0.5, 0.6) is 0 Å². The number of nitrogens with zero attached hydrogens (tertiary/aromatic N) is 3. The standard InChI is InChI=1S/C58H47N3/c1-7-20-49-41(8-2)45-33-31-39(35-51(45)57(49,3)4)44-29-19-30-50-53(44)48-34-32-40(36-52(48)58(50,5)6)54-59-55(46-27-17-15-25-42(46)37-21-11-9-12-22-37)61-56(60-54)47-28-18-16-26-43(47)38-23-13-10-14-24-38/h7-36H,2H2,1,3-6H3/b20-7-. The number of allylic oxidation sites excluding steroid dienone is 5. The van der Waals surface area contributed by atoms with Gasteiger partial charge in [0.1, 0.15) is 0 Å². The van der Waals surface area contributed by atoms with Crippen LogP contribution in [0.25, 0.3) is 84.2 Å². The monoisotopic (exact) mass is 785 g/mol. The summed E-state index contributed by atoms with van der Waals surface area (Å²) < 4.78 is 0. The molecule has 3 nitrogen and oxygen atoms in total. The quantitative estimate of drug-likeness (QED) is 0.154. The lowest BCUT2D eigenvalue weighted by atomic mass is 9.79. The summed E-state index contributed by atoms with van der Waals surface area (Å²) in [4.78, 5) is 15.9. The van der Waals surface area contributed by atoms with E-state index < -0.39 is 0 Å². The van der Waals surface area contributed by atoms with Crippen molar-refractivity contribution in [1.82, 2.24) is 15.0 Å². The highest BCUT2D eigenvalue weighted by Gasteiger charge is 2.39. The third kappa shape index (κ3) is 6.23. The molecule has 7 aromatic carbocycles. The highest BCUT2D eigenvalue weighted by molar-refractivity contribution is 5.95. The molecule has 0 fully saturated rings. The van der Waals surface area contributed by atoms with Crippen LogP contribution in [0.4, 0.5) is 0 Å². The van der Waals surface area contributed by atoms with E-state index in [-0.39, 0.29) is 10.8 Å². The van der Waals surface area contributed by atoms with Gasteiger partial charge in [-0.1, -0.05) is 204 Å². The van der Waals surface area contributed by atoms with Gasteiger partial charge in [0.05, 0.1) is 0 Å². The summed E-state index contributed by atoms with van der Waals surface area (Å²) in [7, 11) is 0. The van der Waals surface area contributed by atoms with Crippen molar-refractivity contribution >= 4 is 5.57 Å². The smallest absolute Gasteiger partial charge is 0.164 e. The molecule has 0 N–H and O–H groups in total. The van der Waals surface area contributed by atoms with Gasteiger partial charge in [-0.25, -0.2) is 15.0 Å². The van der Waals surface area contributed by atoms with Gasteiger partial charge in [-0.15, -0.1) is 0 Å². The first-order valence-electron chi connectivity index (χ1n) is 21.2. The second-order valence-corrected chi connectivity index (χ2v) is 17.2. The second-order valence-electron chi connectivity index (χ2n) is 17.2. The normalized spacial score (nSPS) is 14.5. The number of rotatable bonds is 8. The van der Waals surface area contributed by atoms with Crippen LogP contribution in [0.3, 0.4) is 0 Å². The van der Waals surface area contributed by atoms with Crippen LogP contribution in [-0.4, -0.2) is 15.0 Å². The Balaban J connectivity index is 1.14. The first-order valence-corrected chi connectivity index (χ1v) is 21.2. The van der Waals surface area contributed by atoms with Crippen molar-refractivity contribution in [3.63, 3.8) is 0 Å². The highest BCUT2D eigenvalue weighted by atomic mass is 15.0. The van der Waals surface area contributed by atoms with E-state index in [9.17, 15) is 0 Å². The molecule has 0 bridgehead atoms. The van der Waals surface area contributed by atoms with Crippen LogP contribution < -0.4 is 0 Å². The van der Waals surface area contributed by atoms with E-state index in [1.807, 2.05) is 18.2 Å². The van der Waals surface area contributed by atoms with Crippen molar-refractivity contribution in [2.45, 2.75) is 45.4 Å². The van der Waals surface area contributed by atoms with E-state index >= 15 is 0 Å². The van der Waals surface area contributed by atoms with Gasteiger partial charge in [0.15, 0.2) is 17.5 Å². The number of benzene rings is 7. The zero-order valence-electron chi connectivity index (χ0n) is 35.4. The molecule has 1 heterocycles. The molecule has 0 atom stereocenters. The molecule has 0 saturated carbocycles. The van der Waals surface area contributed by atoms with Gasteiger partial charge < -0.3 is 0 Å². The lowest BCUT2D eigenvalue weighted by Crippen LogP contribution is -2.16. The molecule has 0 saturated heterocycles. The summed E-state index contributed by atoms with van der Waals surface area (Å²) in [5, 5.41) is 0. The number of fused-ring (bicyclic) bond motifs is 4. The molecule has 8 aromatic rings. The van der Waals surface area contributed by atoms with Crippen molar-refractivity contribution in [2.75, 3.05) is 0 Å². The fourth-order valence-electron chi connectivity index (χ4n) is 9.78. The minimum atomic E-state index is -0.262. The van der Waals surface area contributed by atoms with E-state index in [1.54, 1.807) is 0 Å². The Morgan fingerprint density at radius 1 is 0.410 bits per heavy atom. The lowest BCUT2D eigenvalue weighted by Gasteiger charge is -2.24. The summed E-state index contributed by atoms with van der Waals surface area (Å²) in [6.45, 7) is 15.6. The third-order valence-electron chi connectivity index (χ3n) is 12.9. The van der Waals surface area contributed by atoms with E-state index in [0.717, 1.165) is 38.9 Å². The van der Waals surface area contributed by atoms with Crippen molar-refractivity contribution in [1.29, 1.82) is 0 Å². The summed E-state index contributed by atoms with van der Waals surface area (Å²) >= 11 is 0. The van der Waals surface area contributed by atoms with Gasteiger partial charge in [0, 0.05) is 27.5 Å². The van der Waals surface area contributed by atoms with Gasteiger partial charge in [-0.05, 0) is 97.0 Å². The van der Waals surface area contributed by atoms with Gasteiger partial charge >= 0.3 is 0 Å². The summed E-state index contributed by atoms with van der Waals surface area (Å²) in [5.74, 6) is 1.92. The molecule has 2 aliphatic rings. The molecule has 10 rings (SSSR count). The SMILES string of the molecule is C=CC1=C(/C=C\C)C(C)(C)c2cc(-c3cccc4c3-c3ccc(-c5nc(-c6ccccc6-c6ccccc6)nc(-c6ccccc6-c6ccccc6)n5)cc3C4(C)C)ccc21. The van der Waals surface area contributed by atoms with Crippen molar-refractivity contribution in [3.05, 3.63) is 216 Å². The molecule has 3 heteroatoms. The average molecular weight is 786 g/mol. The van der Waals surface area contributed by atoms with Crippen LogP contribution in [0.15, 0.2) is 194 Å². The molecule has 0 unspecified atom stereocenters. The largest absolute Gasteiger partial charge is 0.208 e. The van der Waals surface area contributed by atoms with E-state index in [4.69, 9.17) is 15.0 Å². The molecule has 1 aromatic heterocycles. The second kappa shape index (κ2) is 14.8. The molecule has 61 heavy (non-hydrogen) atoms. The highest BCUT2D eigenvalue weighted by Crippen LogP contribution is 2.54. The lowest BCUT2D eigenvalue weighted by molar-refractivity contribution is 0.654. The zero-order chi connectivity index (χ0) is 41.9. The van der Waals surface area contributed by atoms with Crippen LogP contribution in [0.1, 0.15) is 56.9 Å². The molecule has 0 aliphatic heterocycles. The molecule has 0 radical (unpaired) electrons. The van der Waals surface area contributed by atoms with Gasteiger partial charge in [0.25, 0.3) is 0 Å². The first kappa shape index (κ1) is 38.0. The maximum atomic E-state index is 5.32. The Morgan fingerprint density at radius 2 is 0.902 bits per heavy atom. The Hall–Kier alpha value is -7.23. The maximum absolute atomic E-state index is 5.32. The minimum Gasteiger partial charge on any atom is -0.208 e. The van der Waals surface area contributed by atoms with Crippen molar-refractivity contribution in [2.24, 2.45) is 0 Å². The summed E-state index contributed by atoms with van der Waals surface area (Å²) in [6.07, 6.45) is 6.40.